The van der Waals surface area contributed by atoms with E-state index in [9.17, 15) is 15.2 Å². The highest BCUT2D eigenvalue weighted by Gasteiger charge is 2.09. The molecule has 0 aliphatic heterocycles. The van der Waals surface area contributed by atoms with Crippen LogP contribution >= 0.6 is 0 Å². The van der Waals surface area contributed by atoms with Crippen molar-refractivity contribution in [2.75, 3.05) is 5.43 Å². The van der Waals surface area contributed by atoms with Crippen LogP contribution in [0.15, 0.2) is 93.4 Å². The molecule has 9 nitrogen and oxygen atoms in total. The summed E-state index contributed by atoms with van der Waals surface area (Å²) in [4.78, 5) is 10.2. The second-order valence-corrected chi connectivity index (χ2v) is 5.32. The molecule has 0 heterocycles. The smallest absolute Gasteiger partial charge is 0.271 e. The first-order valence-corrected chi connectivity index (χ1v) is 7.83. The largest absolute Gasteiger partial charge is 0.506 e. The fourth-order valence-electron chi connectivity index (χ4n) is 2.05. The summed E-state index contributed by atoms with van der Waals surface area (Å²) in [7, 11) is 0. The van der Waals surface area contributed by atoms with E-state index in [4.69, 9.17) is 0 Å². The molecule has 2 N–H and O–H groups in total. The number of hydrogen-bond acceptors (Lipinski definition) is 7. The van der Waals surface area contributed by atoms with E-state index in [2.05, 4.69) is 26.0 Å². The second-order valence-electron chi connectivity index (χ2n) is 5.32. The van der Waals surface area contributed by atoms with E-state index in [-0.39, 0.29) is 17.1 Å². The van der Waals surface area contributed by atoms with Gasteiger partial charge < -0.3 is 5.11 Å². The number of aromatic hydroxyl groups is 1. The Morgan fingerprint density at radius 3 is 2.19 bits per heavy atom. The summed E-state index contributed by atoms with van der Waals surface area (Å²) in [5.41, 5.74) is 4.53. The molecule has 0 spiro atoms. The van der Waals surface area contributed by atoms with Crippen LogP contribution in [0.1, 0.15) is 0 Å². The number of phenols is 1. The number of nitrogens with one attached hydrogen (secondary N) is 1. The van der Waals surface area contributed by atoms with E-state index < -0.39 is 4.92 Å². The van der Waals surface area contributed by atoms with Gasteiger partial charge in [0.25, 0.3) is 5.69 Å². The van der Waals surface area contributed by atoms with E-state index in [1.165, 1.54) is 12.1 Å². The standard InChI is InChI=1S/C18H14N6O3/c25-18-11-10-16(24(26)27)12-17(18)22-23-21-15-8-6-14(7-9-15)20-19-13-4-2-1-3-5-13/h1-12,25H,(H,21,22). The summed E-state index contributed by atoms with van der Waals surface area (Å²) >= 11 is 0. The minimum absolute atomic E-state index is 0.00928. The Hall–Kier alpha value is -4.14. The minimum Gasteiger partial charge on any atom is -0.506 e. The molecule has 0 fully saturated rings. The van der Waals surface area contributed by atoms with Crippen LogP contribution in [0.3, 0.4) is 0 Å². The van der Waals surface area contributed by atoms with Crippen molar-refractivity contribution in [3.8, 4) is 5.75 Å². The van der Waals surface area contributed by atoms with Crippen LogP contribution in [0.25, 0.3) is 0 Å². The van der Waals surface area contributed by atoms with Crippen LogP contribution in [-0.4, -0.2) is 10.0 Å². The lowest BCUT2D eigenvalue weighted by atomic mass is 10.2. The van der Waals surface area contributed by atoms with Crippen LogP contribution in [0.5, 0.6) is 5.75 Å². The number of nitro benzene ring substituents is 1. The fourth-order valence-corrected chi connectivity index (χ4v) is 2.05. The van der Waals surface area contributed by atoms with Crippen LogP contribution in [-0.2, 0) is 0 Å². The van der Waals surface area contributed by atoms with Gasteiger partial charge >= 0.3 is 0 Å². The van der Waals surface area contributed by atoms with Crippen molar-refractivity contribution in [2.24, 2.45) is 20.6 Å². The van der Waals surface area contributed by atoms with E-state index in [0.717, 1.165) is 11.8 Å². The molecule has 0 saturated heterocycles. The summed E-state index contributed by atoms with van der Waals surface area (Å²) in [6.07, 6.45) is 0. The Morgan fingerprint density at radius 1 is 0.852 bits per heavy atom. The van der Waals surface area contributed by atoms with Crippen LogP contribution in [0.4, 0.5) is 28.4 Å². The van der Waals surface area contributed by atoms with E-state index in [0.29, 0.717) is 11.4 Å². The second kappa shape index (κ2) is 8.30. The van der Waals surface area contributed by atoms with Crippen molar-refractivity contribution in [3.63, 3.8) is 0 Å². The molecule has 0 radical (unpaired) electrons. The molecule has 0 bridgehead atoms. The van der Waals surface area contributed by atoms with Gasteiger partial charge in [-0.05, 0) is 42.5 Å². The number of azo groups is 1. The topological polar surface area (TPSA) is 125 Å². The monoisotopic (exact) mass is 362 g/mol. The highest BCUT2D eigenvalue weighted by atomic mass is 16.6. The molecule has 0 aromatic heterocycles. The summed E-state index contributed by atoms with van der Waals surface area (Å²) in [5, 5.41) is 36.2. The summed E-state index contributed by atoms with van der Waals surface area (Å²) in [5.74, 6) is -0.206. The average Bonchev–Trinajstić information content (AvgIpc) is 2.69. The van der Waals surface area contributed by atoms with Gasteiger partial charge in [0.15, 0.2) is 0 Å². The number of nitrogens with zero attached hydrogens (tertiary/aromatic N) is 5. The highest BCUT2D eigenvalue weighted by molar-refractivity contribution is 5.56. The number of hydrogen-bond donors (Lipinski definition) is 2. The lowest BCUT2D eigenvalue weighted by Gasteiger charge is -2.00. The average molecular weight is 362 g/mol. The molecule has 3 rings (SSSR count). The van der Waals surface area contributed by atoms with Crippen molar-refractivity contribution >= 4 is 28.4 Å². The number of rotatable bonds is 6. The third-order valence-corrected chi connectivity index (χ3v) is 3.41. The van der Waals surface area contributed by atoms with Gasteiger partial charge in [0, 0.05) is 12.1 Å². The molecular formula is C18H14N6O3. The van der Waals surface area contributed by atoms with Crippen molar-refractivity contribution in [1.82, 2.24) is 0 Å². The third kappa shape index (κ3) is 4.92. The van der Waals surface area contributed by atoms with Gasteiger partial charge in [-0.1, -0.05) is 23.4 Å². The Morgan fingerprint density at radius 2 is 1.52 bits per heavy atom. The van der Waals surface area contributed by atoms with Crippen molar-refractivity contribution in [1.29, 1.82) is 0 Å². The predicted octanol–water partition coefficient (Wildman–Crippen LogP) is 5.83. The molecule has 9 heteroatoms. The predicted molar refractivity (Wildman–Crippen MR) is 100.0 cm³/mol. The van der Waals surface area contributed by atoms with Crippen molar-refractivity contribution in [2.45, 2.75) is 0 Å². The van der Waals surface area contributed by atoms with Gasteiger partial charge in [-0.25, -0.2) is 0 Å². The molecule has 3 aromatic carbocycles. The maximum atomic E-state index is 10.8. The van der Waals surface area contributed by atoms with Gasteiger partial charge in [-0.3, -0.25) is 15.5 Å². The normalized spacial score (nSPS) is 11.1. The van der Waals surface area contributed by atoms with Crippen LogP contribution in [0.2, 0.25) is 0 Å². The summed E-state index contributed by atoms with van der Waals surface area (Å²) in [6, 6.07) is 19.8. The van der Waals surface area contributed by atoms with Gasteiger partial charge in [0.2, 0.25) is 0 Å². The van der Waals surface area contributed by atoms with Crippen molar-refractivity contribution < 1.29 is 10.0 Å². The Labute approximate surface area is 153 Å². The molecule has 134 valence electrons. The van der Waals surface area contributed by atoms with E-state index in [1.54, 1.807) is 24.3 Å². The fraction of sp³-hybridized carbons (Fsp3) is 0. The third-order valence-electron chi connectivity index (χ3n) is 3.41. The van der Waals surface area contributed by atoms with Gasteiger partial charge in [-0.2, -0.15) is 10.2 Å². The van der Waals surface area contributed by atoms with Gasteiger partial charge in [0.1, 0.15) is 11.4 Å². The molecule has 0 aliphatic rings. The number of anilines is 1. The molecule has 27 heavy (non-hydrogen) atoms. The van der Waals surface area contributed by atoms with Gasteiger partial charge in [-0.15, -0.1) is 5.11 Å². The zero-order chi connectivity index (χ0) is 19.1. The Bertz CT molecular complexity index is 988. The first-order valence-electron chi connectivity index (χ1n) is 7.83. The SMILES string of the molecule is O=[N+]([O-])c1ccc(O)c(N=NNc2ccc(N=Nc3ccccc3)cc2)c1. The van der Waals surface area contributed by atoms with Crippen LogP contribution in [0, 0.1) is 10.1 Å². The molecular weight excluding hydrogens is 348 g/mol. The van der Waals surface area contributed by atoms with Crippen molar-refractivity contribution in [3.05, 3.63) is 82.9 Å². The first-order chi connectivity index (χ1) is 13.1. The summed E-state index contributed by atoms with van der Waals surface area (Å²) < 4.78 is 0. The molecule has 0 atom stereocenters. The zero-order valence-electron chi connectivity index (χ0n) is 13.9. The number of benzene rings is 3. The maximum absolute atomic E-state index is 10.8. The quantitative estimate of drug-likeness (QED) is 0.325. The van der Waals surface area contributed by atoms with Crippen LogP contribution < -0.4 is 5.43 Å². The van der Waals surface area contributed by atoms with E-state index in [1.807, 2.05) is 30.3 Å². The van der Waals surface area contributed by atoms with Gasteiger partial charge in [0.05, 0.1) is 22.0 Å². The zero-order valence-corrected chi connectivity index (χ0v) is 13.9. The number of nitro groups is 1. The Kier molecular flexibility index (Phi) is 5.43. The molecule has 3 aromatic rings. The summed E-state index contributed by atoms with van der Waals surface area (Å²) in [6.45, 7) is 0. The lowest BCUT2D eigenvalue weighted by molar-refractivity contribution is -0.384. The molecule has 0 unspecified atom stereocenters. The maximum Gasteiger partial charge on any atom is 0.271 e. The minimum atomic E-state index is -0.575. The lowest BCUT2D eigenvalue weighted by Crippen LogP contribution is -1.87. The van der Waals surface area contributed by atoms with E-state index >= 15 is 0 Å². The molecule has 0 amide bonds. The number of phenolic OH excluding ortho intramolecular Hbond substituents is 1. The highest BCUT2D eigenvalue weighted by Crippen LogP contribution is 2.30. The number of non-ortho nitro benzene ring substituents is 1. The first kappa shape index (κ1) is 17.7. The molecule has 0 saturated carbocycles. The molecule has 0 aliphatic carbocycles. The Balaban J connectivity index is 1.63.